The molecule has 0 atom stereocenters. The highest BCUT2D eigenvalue weighted by atomic mass is 32.1. The van der Waals surface area contributed by atoms with Gasteiger partial charge in [-0.3, -0.25) is 4.79 Å². The Kier molecular flexibility index (Phi) is 3.49. The quantitative estimate of drug-likeness (QED) is 0.792. The van der Waals surface area contributed by atoms with Crippen molar-refractivity contribution in [3.05, 3.63) is 10.9 Å². The zero-order valence-corrected chi connectivity index (χ0v) is 10.4. The maximum Gasteiger partial charge on any atom is 0.171 e. The topological polar surface area (TPSA) is 55.1 Å². The third-order valence-corrected chi connectivity index (χ3v) is 4.33. The summed E-state index contributed by atoms with van der Waals surface area (Å²) in [5.74, 6) is 0.848. The number of carbonyl (C=O) groups is 1. The van der Waals surface area contributed by atoms with Crippen molar-refractivity contribution in [1.82, 2.24) is 0 Å². The molecule has 0 radical (unpaired) electrons. The second-order valence-corrected chi connectivity index (χ2v) is 5.53. The highest BCUT2D eigenvalue weighted by Gasteiger charge is 2.16. The van der Waals surface area contributed by atoms with E-state index in [9.17, 15) is 4.79 Å². The molecule has 1 aromatic rings. The Balaban J connectivity index is 1.94. The van der Waals surface area contributed by atoms with E-state index in [4.69, 9.17) is 5.73 Å². The largest absolute Gasteiger partial charge is 0.397 e. The summed E-state index contributed by atoms with van der Waals surface area (Å²) in [5.41, 5.74) is 6.38. The van der Waals surface area contributed by atoms with Crippen molar-refractivity contribution in [2.45, 2.75) is 32.6 Å². The number of rotatable bonds is 4. The van der Waals surface area contributed by atoms with Crippen molar-refractivity contribution in [1.29, 1.82) is 0 Å². The average molecular weight is 238 g/mol. The maximum absolute atomic E-state index is 11.2. The van der Waals surface area contributed by atoms with Crippen LogP contribution in [0.3, 0.4) is 0 Å². The Morgan fingerprint density at radius 1 is 1.56 bits per heavy atom. The summed E-state index contributed by atoms with van der Waals surface area (Å²) in [5, 5.41) is 4.41. The van der Waals surface area contributed by atoms with E-state index < -0.39 is 0 Å². The van der Waals surface area contributed by atoms with Crippen LogP contribution >= 0.6 is 11.3 Å². The molecule has 0 bridgehead atoms. The van der Waals surface area contributed by atoms with Gasteiger partial charge in [-0.05, 0) is 24.8 Å². The van der Waals surface area contributed by atoms with Gasteiger partial charge in [-0.2, -0.15) is 0 Å². The van der Waals surface area contributed by atoms with Crippen molar-refractivity contribution >= 4 is 27.8 Å². The van der Waals surface area contributed by atoms with E-state index in [0.717, 1.165) is 17.5 Å². The molecule has 1 aliphatic rings. The van der Waals surface area contributed by atoms with E-state index >= 15 is 0 Å². The zero-order valence-electron chi connectivity index (χ0n) is 9.58. The van der Waals surface area contributed by atoms with Crippen LogP contribution in [0.1, 0.15) is 42.3 Å². The van der Waals surface area contributed by atoms with Gasteiger partial charge in [0.05, 0.1) is 15.6 Å². The van der Waals surface area contributed by atoms with Crippen LogP contribution in [-0.4, -0.2) is 12.3 Å². The Labute approximate surface area is 100 Å². The monoisotopic (exact) mass is 238 g/mol. The Morgan fingerprint density at radius 2 is 2.25 bits per heavy atom. The van der Waals surface area contributed by atoms with Gasteiger partial charge in [0.25, 0.3) is 0 Å². The first-order valence-electron chi connectivity index (χ1n) is 5.81. The molecule has 1 saturated carbocycles. The number of hydrogen-bond donors (Lipinski definition) is 2. The van der Waals surface area contributed by atoms with E-state index in [1.165, 1.54) is 37.0 Å². The maximum atomic E-state index is 11.2. The zero-order chi connectivity index (χ0) is 11.5. The van der Waals surface area contributed by atoms with Gasteiger partial charge < -0.3 is 11.1 Å². The minimum absolute atomic E-state index is 0.0522. The minimum atomic E-state index is 0.0522. The highest BCUT2D eigenvalue weighted by molar-refractivity contribution is 7.18. The molecule has 1 heterocycles. The molecule has 4 heteroatoms. The molecule has 1 aromatic heterocycles. The van der Waals surface area contributed by atoms with Crippen molar-refractivity contribution in [3.8, 4) is 0 Å². The standard InChI is InChI=1S/C12H18N2OS/c1-8(15)12-10(13)6-11(16-12)14-7-9-4-2-3-5-9/h6,9,14H,2-5,7,13H2,1H3. The number of nitrogens with two attached hydrogens (primary N) is 1. The second kappa shape index (κ2) is 4.87. The number of Topliss-reactive ketones (excluding diaryl/α,β-unsaturated/α-hetero) is 1. The lowest BCUT2D eigenvalue weighted by Gasteiger charge is -2.09. The summed E-state index contributed by atoms with van der Waals surface area (Å²) in [4.78, 5) is 11.9. The molecule has 0 amide bonds. The van der Waals surface area contributed by atoms with Gasteiger partial charge >= 0.3 is 0 Å². The Morgan fingerprint density at radius 3 is 2.81 bits per heavy atom. The van der Waals surface area contributed by atoms with Gasteiger partial charge in [-0.25, -0.2) is 0 Å². The van der Waals surface area contributed by atoms with Gasteiger partial charge in [0.2, 0.25) is 0 Å². The number of carbonyl (C=O) groups excluding carboxylic acids is 1. The first-order chi connectivity index (χ1) is 7.66. The van der Waals surface area contributed by atoms with Crippen LogP contribution in [0.15, 0.2) is 6.07 Å². The molecule has 0 spiro atoms. The fourth-order valence-electron chi connectivity index (χ4n) is 2.23. The third-order valence-electron chi connectivity index (χ3n) is 3.12. The van der Waals surface area contributed by atoms with Crippen LogP contribution in [0, 0.1) is 5.92 Å². The summed E-state index contributed by atoms with van der Waals surface area (Å²) in [6.45, 7) is 2.57. The molecule has 0 aliphatic heterocycles. The van der Waals surface area contributed by atoms with E-state index in [1.54, 1.807) is 6.92 Å². The number of nitrogen functional groups attached to an aromatic ring is 1. The lowest BCUT2D eigenvalue weighted by Crippen LogP contribution is -2.09. The molecule has 3 nitrogen and oxygen atoms in total. The van der Waals surface area contributed by atoms with Crippen LogP contribution in [0.25, 0.3) is 0 Å². The van der Waals surface area contributed by atoms with Crippen LogP contribution < -0.4 is 11.1 Å². The number of anilines is 2. The van der Waals surface area contributed by atoms with Gasteiger partial charge in [-0.1, -0.05) is 12.8 Å². The summed E-state index contributed by atoms with van der Waals surface area (Å²) in [6, 6.07) is 1.87. The Hall–Kier alpha value is -1.03. The van der Waals surface area contributed by atoms with E-state index in [0.29, 0.717) is 10.6 Å². The summed E-state index contributed by atoms with van der Waals surface area (Å²) in [6.07, 6.45) is 5.37. The van der Waals surface area contributed by atoms with Crippen LogP contribution in [0.4, 0.5) is 10.7 Å². The molecular weight excluding hydrogens is 220 g/mol. The Bertz CT molecular complexity index is 380. The number of nitrogens with one attached hydrogen (secondary N) is 1. The van der Waals surface area contributed by atoms with Crippen molar-refractivity contribution in [2.75, 3.05) is 17.6 Å². The smallest absolute Gasteiger partial charge is 0.171 e. The first-order valence-corrected chi connectivity index (χ1v) is 6.62. The fraction of sp³-hybridized carbons (Fsp3) is 0.583. The van der Waals surface area contributed by atoms with Crippen molar-refractivity contribution in [3.63, 3.8) is 0 Å². The van der Waals surface area contributed by atoms with Gasteiger partial charge in [-0.15, -0.1) is 11.3 Å². The molecule has 16 heavy (non-hydrogen) atoms. The molecule has 3 N–H and O–H groups in total. The fourth-order valence-corrected chi connectivity index (χ4v) is 3.11. The SMILES string of the molecule is CC(=O)c1sc(NCC2CCCC2)cc1N. The summed E-state index contributed by atoms with van der Waals surface area (Å²) in [7, 11) is 0. The van der Waals surface area contributed by atoms with E-state index in [1.807, 2.05) is 6.07 Å². The molecule has 0 unspecified atom stereocenters. The average Bonchev–Trinajstić information content (AvgIpc) is 2.83. The number of hydrogen-bond acceptors (Lipinski definition) is 4. The first kappa shape index (κ1) is 11.5. The molecule has 0 aromatic carbocycles. The number of ketones is 1. The predicted molar refractivity (Wildman–Crippen MR) is 69.2 cm³/mol. The molecule has 2 rings (SSSR count). The highest BCUT2D eigenvalue weighted by Crippen LogP contribution is 2.31. The van der Waals surface area contributed by atoms with Gasteiger partial charge in [0, 0.05) is 13.5 Å². The summed E-state index contributed by atoms with van der Waals surface area (Å²) < 4.78 is 0. The minimum Gasteiger partial charge on any atom is -0.397 e. The normalized spacial score (nSPS) is 16.6. The molecular formula is C12H18N2OS. The van der Waals surface area contributed by atoms with E-state index in [2.05, 4.69) is 5.32 Å². The van der Waals surface area contributed by atoms with Crippen LogP contribution in [0.2, 0.25) is 0 Å². The van der Waals surface area contributed by atoms with Crippen LogP contribution in [-0.2, 0) is 0 Å². The van der Waals surface area contributed by atoms with Gasteiger partial charge in [0.1, 0.15) is 0 Å². The molecule has 0 saturated heterocycles. The molecule has 1 aliphatic carbocycles. The summed E-state index contributed by atoms with van der Waals surface area (Å²) >= 11 is 1.47. The van der Waals surface area contributed by atoms with Crippen LogP contribution in [0.5, 0.6) is 0 Å². The predicted octanol–water partition coefficient (Wildman–Crippen LogP) is 3.14. The third kappa shape index (κ3) is 2.55. The molecule has 1 fully saturated rings. The lowest BCUT2D eigenvalue weighted by molar-refractivity contribution is 0.102. The number of thiophene rings is 1. The van der Waals surface area contributed by atoms with E-state index in [-0.39, 0.29) is 5.78 Å². The van der Waals surface area contributed by atoms with Gasteiger partial charge in [0.15, 0.2) is 5.78 Å². The second-order valence-electron chi connectivity index (χ2n) is 4.48. The molecule has 88 valence electrons. The lowest BCUT2D eigenvalue weighted by atomic mass is 10.1. The van der Waals surface area contributed by atoms with Crippen molar-refractivity contribution < 1.29 is 4.79 Å². The van der Waals surface area contributed by atoms with Crippen molar-refractivity contribution in [2.24, 2.45) is 5.92 Å².